The van der Waals surface area contributed by atoms with E-state index < -0.39 is 6.04 Å². The van der Waals surface area contributed by atoms with E-state index in [4.69, 9.17) is 0 Å². The molecule has 0 radical (unpaired) electrons. The summed E-state index contributed by atoms with van der Waals surface area (Å²) in [5, 5.41) is 5.08. The molecule has 1 N–H and O–H groups in total. The Bertz CT molecular complexity index is 1500. The smallest absolute Gasteiger partial charge is 0.258 e. The Morgan fingerprint density at radius 1 is 0.829 bits per heavy atom. The monoisotopic (exact) mass is 547 g/mol. The van der Waals surface area contributed by atoms with Crippen LogP contribution < -0.4 is 10.2 Å². The highest BCUT2D eigenvalue weighted by Gasteiger charge is 2.32. The maximum Gasteiger partial charge on any atom is 0.258 e. The highest BCUT2D eigenvalue weighted by molar-refractivity contribution is 6.25. The fraction of sp³-hybridized carbons (Fsp3) is 0.286. The van der Waals surface area contributed by atoms with Gasteiger partial charge in [0.05, 0.1) is 5.69 Å². The van der Waals surface area contributed by atoms with Crippen LogP contribution in [0.15, 0.2) is 97.1 Å². The quantitative estimate of drug-likeness (QED) is 0.205. The number of anilines is 1. The lowest BCUT2D eigenvalue weighted by Gasteiger charge is -2.32. The lowest BCUT2D eigenvalue weighted by molar-refractivity contribution is -0.141. The van der Waals surface area contributed by atoms with Crippen LogP contribution in [0.4, 0.5) is 5.69 Å². The Kier molecular flexibility index (Phi) is 9.09. The number of benzene rings is 4. The van der Waals surface area contributed by atoms with Crippen molar-refractivity contribution in [3.05, 3.63) is 114 Å². The standard InChI is InChI=1S/C35H37N3O3/c1-2-3-22-36-34(40)31(24-26-13-6-4-7-14-26)38(25-27-15-8-5-9-16-27)32(39)21-12-23-37-30-20-11-18-28-17-10-19-29(33(28)30)35(37)41/h4-11,13-20,31H,2-3,12,21-25H2,1H3,(H,36,40). The van der Waals surface area contributed by atoms with Crippen LogP contribution in [0.2, 0.25) is 0 Å². The summed E-state index contributed by atoms with van der Waals surface area (Å²) in [6.07, 6.45) is 3.02. The van der Waals surface area contributed by atoms with Gasteiger partial charge in [-0.25, -0.2) is 0 Å². The Hall–Kier alpha value is -4.45. The van der Waals surface area contributed by atoms with Crippen molar-refractivity contribution in [2.24, 2.45) is 0 Å². The summed E-state index contributed by atoms with van der Waals surface area (Å²) in [7, 11) is 0. The predicted molar refractivity (Wildman–Crippen MR) is 164 cm³/mol. The summed E-state index contributed by atoms with van der Waals surface area (Å²) in [5.74, 6) is -0.256. The second-order valence-corrected chi connectivity index (χ2v) is 10.6. The second kappa shape index (κ2) is 13.3. The first kappa shape index (κ1) is 28.1. The third kappa shape index (κ3) is 6.49. The van der Waals surface area contributed by atoms with Crippen LogP contribution in [0.5, 0.6) is 0 Å². The van der Waals surface area contributed by atoms with Crippen molar-refractivity contribution in [1.82, 2.24) is 10.2 Å². The SMILES string of the molecule is CCCCNC(=O)C(Cc1ccccc1)N(Cc1ccccc1)C(=O)CCCN1C(=O)c2cccc3cccc1c23. The third-order valence-corrected chi connectivity index (χ3v) is 7.72. The number of nitrogens with one attached hydrogen (secondary N) is 1. The molecule has 1 unspecified atom stereocenters. The molecule has 6 nitrogen and oxygen atoms in total. The van der Waals surface area contributed by atoms with E-state index in [1.54, 1.807) is 9.80 Å². The summed E-state index contributed by atoms with van der Waals surface area (Å²) >= 11 is 0. The Morgan fingerprint density at radius 2 is 1.51 bits per heavy atom. The van der Waals surface area contributed by atoms with Crippen molar-refractivity contribution < 1.29 is 14.4 Å². The summed E-state index contributed by atoms with van der Waals surface area (Å²) in [6, 6.07) is 30.7. The Balaban J connectivity index is 1.35. The first-order valence-corrected chi connectivity index (χ1v) is 14.6. The van der Waals surface area contributed by atoms with Crippen molar-refractivity contribution in [2.75, 3.05) is 18.0 Å². The van der Waals surface area contributed by atoms with Crippen LogP contribution in [-0.4, -0.2) is 41.8 Å². The maximum absolute atomic E-state index is 13.9. The lowest BCUT2D eigenvalue weighted by Crippen LogP contribution is -2.50. The molecule has 0 spiro atoms. The van der Waals surface area contributed by atoms with Crippen LogP contribution in [0, 0.1) is 0 Å². The number of amides is 3. The molecule has 1 aliphatic heterocycles. The van der Waals surface area contributed by atoms with Gasteiger partial charge in [-0.2, -0.15) is 0 Å². The van der Waals surface area contributed by atoms with Crippen molar-refractivity contribution in [1.29, 1.82) is 0 Å². The molecule has 1 heterocycles. The molecule has 0 saturated heterocycles. The highest BCUT2D eigenvalue weighted by atomic mass is 16.2. The molecule has 6 heteroatoms. The molecule has 210 valence electrons. The number of unbranched alkanes of at least 4 members (excludes halogenated alkanes) is 1. The van der Waals surface area contributed by atoms with E-state index >= 15 is 0 Å². The molecule has 41 heavy (non-hydrogen) atoms. The summed E-state index contributed by atoms with van der Waals surface area (Å²) in [6.45, 7) is 3.44. The van der Waals surface area contributed by atoms with Gasteiger partial charge in [0, 0.05) is 43.4 Å². The van der Waals surface area contributed by atoms with Crippen LogP contribution >= 0.6 is 0 Å². The molecule has 0 aromatic heterocycles. The molecule has 1 aliphatic rings. The molecule has 4 aromatic rings. The van der Waals surface area contributed by atoms with Gasteiger partial charge in [-0.1, -0.05) is 98.3 Å². The molecule has 4 aromatic carbocycles. The topological polar surface area (TPSA) is 69.7 Å². The van der Waals surface area contributed by atoms with Gasteiger partial charge in [0.15, 0.2) is 0 Å². The average Bonchev–Trinajstić information content (AvgIpc) is 3.28. The molecule has 0 bridgehead atoms. The molecular weight excluding hydrogens is 510 g/mol. The molecule has 0 fully saturated rings. The van der Waals surface area contributed by atoms with Crippen LogP contribution in [0.3, 0.4) is 0 Å². The molecule has 1 atom stereocenters. The number of nitrogens with zero attached hydrogens (tertiary/aromatic N) is 2. The first-order chi connectivity index (χ1) is 20.1. The number of carbonyl (C=O) groups is 3. The maximum atomic E-state index is 13.9. The van der Waals surface area contributed by atoms with E-state index in [1.165, 1.54) is 0 Å². The van der Waals surface area contributed by atoms with Gasteiger partial charge in [-0.15, -0.1) is 0 Å². The van der Waals surface area contributed by atoms with E-state index in [-0.39, 0.29) is 24.1 Å². The predicted octanol–water partition coefficient (Wildman–Crippen LogP) is 6.14. The molecule has 0 aliphatic carbocycles. The molecule has 3 amide bonds. The fourth-order valence-electron chi connectivity index (χ4n) is 5.57. The van der Waals surface area contributed by atoms with Gasteiger partial charge in [-0.3, -0.25) is 14.4 Å². The minimum Gasteiger partial charge on any atom is -0.354 e. The van der Waals surface area contributed by atoms with E-state index in [0.717, 1.165) is 40.4 Å². The number of hydrogen-bond donors (Lipinski definition) is 1. The third-order valence-electron chi connectivity index (χ3n) is 7.72. The Morgan fingerprint density at radius 3 is 2.22 bits per heavy atom. The van der Waals surface area contributed by atoms with E-state index in [2.05, 4.69) is 12.2 Å². The lowest BCUT2D eigenvalue weighted by atomic mass is 10.0. The summed E-state index contributed by atoms with van der Waals surface area (Å²) in [5.41, 5.74) is 3.58. The van der Waals surface area contributed by atoms with Gasteiger partial charge in [0.1, 0.15) is 6.04 Å². The largest absolute Gasteiger partial charge is 0.354 e. The van der Waals surface area contributed by atoms with Gasteiger partial charge < -0.3 is 15.1 Å². The molecule has 5 rings (SSSR count). The van der Waals surface area contributed by atoms with Crippen LogP contribution in [-0.2, 0) is 22.6 Å². The normalized spacial score (nSPS) is 12.9. The zero-order valence-electron chi connectivity index (χ0n) is 23.6. The number of carbonyl (C=O) groups excluding carboxylic acids is 3. The zero-order chi connectivity index (χ0) is 28.6. The summed E-state index contributed by atoms with van der Waals surface area (Å²) < 4.78 is 0. The van der Waals surface area contributed by atoms with Crippen molar-refractivity contribution >= 4 is 34.2 Å². The summed E-state index contributed by atoms with van der Waals surface area (Å²) in [4.78, 5) is 44.2. The van der Waals surface area contributed by atoms with Gasteiger partial charge in [-0.05, 0) is 41.5 Å². The van der Waals surface area contributed by atoms with Crippen LogP contribution in [0.25, 0.3) is 10.8 Å². The second-order valence-electron chi connectivity index (χ2n) is 10.6. The average molecular weight is 548 g/mol. The highest BCUT2D eigenvalue weighted by Crippen LogP contribution is 2.37. The van der Waals surface area contributed by atoms with Gasteiger partial charge >= 0.3 is 0 Å². The van der Waals surface area contributed by atoms with Crippen LogP contribution in [0.1, 0.15) is 54.1 Å². The van der Waals surface area contributed by atoms with E-state index in [9.17, 15) is 14.4 Å². The molecular formula is C35H37N3O3. The molecule has 0 saturated carbocycles. The van der Waals surface area contributed by atoms with Gasteiger partial charge in [0.25, 0.3) is 5.91 Å². The van der Waals surface area contributed by atoms with Crippen molar-refractivity contribution in [3.63, 3.8) is 0 Å². The minimum absolute atomic E-state index is 0.0253. The zero-order valence-corrected chi connectivity index (χ0v) is 23.6. The number of hydrogen-bond acceptors (Lipinski definition) is 3. The van der Waals surface area contributed by atoms with Gasteiger partial charge in [0.2, 0.25) is 11.8 Å². The first-order valence-electron chi connectivity index (χ1n) is 14.6. The van der Waals surface area contributed by atoms with E-state index in [0.29, 0.717) is 38.0 Å². The Labute approximate surface area is 242 Å². The minimum atomic E-state index is -0.645. The van der Waals surface area contributed by atoms with Crippen molar-refractivity contribution in [2.45, 2.75) is 51.6 Å². The fourth-order valence-corrected chi connectivity index (χ4v) is 5.57. The van der Waals surface area contributed by atoms with Crippen molar-refractivity contribution in [3.8, 4) is 0 Å². The van der Waals surface area contributed by atoms with E-state index in [1.807, 2.05) is 97.1 Å². The number of rotatable bonds is 13.